The Morgan fingerprint density at radius 1 is 1.10 bits per heavy atom. The molecule has 230 valence electrons. The molecule has 2 fully saturated rings. The predicted molar refractivity (Wildman–Crippen MR) is 147 cm³/mol. The third kappa shape index (κ3) is 7.60. The number of hydrogen-bond donors (Lipinski definition) is 1. The number of hydrogen-bond acceptors (Lipinski definition) is 8. The zero-order chi connectivity index (χ0) is 30.7. The quantitative estimate of drug-likeness (QED) is 0.210. The first-order valence-electron chi connectivity index (χ1n) is 14.0. The van der Waals surface area contributed by atoms with Crippen molar-refractivity contribution in [1.82, 2.24) is 14.9 Å². The van der Waals surface area contributed by atoms with E-state index in [9.17, 15) is 22.8 Å². The van der Waals surface area contributed by atoms with Gasteiger partial charge in [0.15, 0.2) is 18.4 Å². The molecule has 0 unspecified atom stereocenters. The Morgan fingerprint density at radius 2 is 1.74 bits per heavy atom. The molecule has 2 aliphatic rings. The van der Waals surface area contributed by atoms with Crippen LogP contribution in [0.5, 0.6) is 0 Å². The number of ether oxygens (including phenoxy) is 2. The van der Waals surface area contributed by atoms with E-state index in [-0.39, 0.29) is 31.0 Å². The molecule has 4 rings (SSSR count). The summed E-state index contributed by atoms with van der Waals surface area (Å²) in [7, 11) is 0. The average Bonchev–Trinajstić information content (AvgIpc) is 3.77. The molecule has 1 amide bonds. The fourth-order valence-electron chi connectivity index (χ4n) is 4.91. The number of nitrogens with one attached hydrogen (secondary N) is 1. The number of benzene rings is 1. The van der Waals surface area contributed by atoms with E-state index in [1.165, 1.54) is 18.5 Å². The molecule has 0 atom stereocenters. The number of likely N-dealkylation sites (tertiary alicyclic amines) is 1. The van der Waals surface area contributed by atoms with Crippen LogP contribution in [0.25, 0.3) is 0 Å². The number of piperidine rings is 1. The normalized spacial score (nSPS) is 17.0. The lowest BCUT2D eigenvalue weighted by atomic mass is 9.76. The molecule has 1 aromatic heterocycles. The molecule has 2 heterocycles. The molecule has 0 radical (unpaired) electrons. The Bertz CT molecular complexity index is 1250. The second-order valence-corrected chi connectivity index (χ2v) is 11.8. The van der Waals surface area contributed by atoms with E-state index in [1.807, 2.05) is 6.92 Å². The second-order valence-electron chi connectivity index (χ2n) is 11.8. The number of carbonyl (C=O) groups excluding carboxylic acids is 2. The molecule has 1 saturated heterocycles. The maximum atomic E-state index is 15.5. The van der Waals surface area contributed by atoms with Crippen molar-refractivity contribution in [2.75, 3.05) is 30.0 Å². The molecule has 2 aromatic rings. The van der Waals surface area contributed by atoms with Crippen molar-refractivity contribution in [1.29, 1.82) is 0 Å². The van der Waals surface area contributed by atoms with Gasteiger partial charge in [-0.05, 0) is 70.6 Å². The van der Waals surface area contributed by atoms with E-state index < -0.39 is 40.6 Å². The highest BCUT2D eigenvalue weighted by Gasteiger charge is 2.43. The zero-order valence-corrected chi connectivity index (χ0v) is 24.3. The van der Waals surface area contributed by atoms with Crippen LogP contribution in [-0.4, -0.2) is 58.4 Å². The Balaban J connectivity index is 1.36. The largest absolute Gasteiger partial charge is 0.444 e. The molecule has 1 aliphatic heterocycles. The maximum Gasteiger partial charge on any atom is 0.416 e. The summed E-state index contributed by atoms with van der Waals surface area (Å²) in [5.74, 6) is -1.34. The summed E-state index contributed by atoms with van der Waals surface area (Å²) in [5.41, 5.74) is -1.56. The van der Waals surface area contributed by atoms with Crippen molar-refractivity contribution in [2.24, 2.45) is 5.41 Å². The highest BCUT2D eigenvalue weighted by molar-refractivity contribution is 5.78. The predicted octanol–water partition coefficient (Wildman–Crippen LogP) is 6.14. The Labute approximate surface area is 242 Å². The first-order chi connectivity index (χ1) is 19.7. The van der Waals surface area contributed by atoms with E-state index in [1.54, 1.807) is 30.6 Å². The minimum absolute atomic E-state index is 0.00155. The smallest absolute Gasteiger partial charge is 0.416 e. The van der Waals surface area contributed by atoms with Gasteiger partial charge in [-0.1, -0.05) is 19.1 Å². The average molecular weight is 596 g/mol. The van der Waals surface area contributed by atoms with Crippen LogP contribution in [-0.2, 0) is 27.0 Å². The first-order valence-corrected chi connectivity index (χ1v) is 14.0. The molecular weight excluding hydrogens is 558 g/mol. The summed E-state index contributed by atoms with van der Waals surface area (Å²) in [5, 5.41) is 2.71. The van der Waals surface area contributed by atoms with Crippen LogP contribution >= 0.6 is 0 Å². The van der Waals surface area contributed by atoms with Crippen molar-refractivity contribution < 1.29 is 36.6 Å². The molecule has 1 saturated carbocycles. The van der Waals surface area contributed by atoms with Gasteiger partial charge in [0.05, 0.1) is 11.0 Å². The van der Waals surface area contributed by atoms with E-state index >= 15 is 4.39 Å². The zero-order valence-electron chi connectivity index (χ0n) is 24.3. The monoisotopic (exact) mass is 595 g/mol. The molecule has 1 N–H and O–H groups in total. The summed E-state index contributed by atoms with van der Waals surface area (Å²) >= 11 is 0. The third-order valence-electron chi connectivity index (χ3n) is 7.59. The third-order valence-corrected chi connectivity index (χ3v) is 7.59. The van der Waals surface area contributed by atoms with E-state index in [4.69, 9.17) is 9.47 Å². The van der Waals surface area contributed by atoms with Crippen LogP contribution in [0.4, 0.5) is 34.0 Å². The lowest BCUT2D eigenvalue weighted by molar-refractivity contribution is -0.158. The van der Waals surface area contributed by atoms with Gasteiger partial charge in [-0.2, -0.15) is 17.6 Å². The van der Waals surface area contributed by atoms with Gasteiger partial charge < -0.3 is 24.6 Å². The maximum absolute atomic E-state index is 15.5. The fourth-order valence-corrected chi connectivity index (χ4v) is 4.91. The highest BCUT2D eigenvalue weighted by Crippen LogP contribution is 2.38. The van der Waals surface area contributed by atoms with Crippen LogP contribution in [0.1, 0.15) is 70.9 Å². The first kappa shape index (κ1) is 31.3. The van der Waals surface area contributed by atoms with Crippen molar-refractivity contribution in [3.8, 4) is 0 Å². The summed E-state index contributed by atoms with van der Waals surface area (Å²) in [6.45, 7) is 7.81. The SMILES string of the molecule is CCC1(C(=O)OCNc2ncnc(N(Cc3ccc(C(F)(F)F)cc3)C3CC3)c2F)CCN(C(=O)OC(C)(C)C)CC1. The Hall–Kier alpha value is -3.64. The van der Waals surface area contributed by atoms with Crippen LogP contribution in [0.2, 0.25) is 0 Å². The number of anilines is 2. The number of nitrogens with zero attached hydrogens (tertiary/aromatic N) is 4. The Morgan fingerprint density at radius 3 is 2.29 bits per heavy atom. The number of esters is 1. The van der Waals surface area contributed by atoms with Gasteiger partial charge in [0.2, 0.25) is 5.82 Å². The molecule has 1 aromatic carbocycles. The molecule has 9 nitrogen and oxygen atoms in total. The lowest BCUT2D eigenvalue weighted by Gasteiger charge is -2.39. The molecule has 1 aliphatic carbocycles. The Kier molecular flexibility index (Phi) is 9.17. The van der Waals surface area contributed by atoms with Crippen LogP contribution in [0.15, 0.2) is 30.6 Å². The van der Waals surface area contributed by atoms with Crippen molar-refractivity contribution in [2.45, 2.75) is 84.2 Å². The molecule has 0 bridgehead atoms. The van der Waals surface area contributed by atoms with E-state index in [2.05, 4.69) is 15.3 Å². The van der Waals surface area contributed by atoms with Gasteiger partial charge in [-0.15, -0.1) is 0 Å². The molecule has 42 heavy (non-hydrogen) atoms. The molecule has 13 heteroatoms. The van der Waals surface area contributed by atoms with Gasteiger partial charge in [-0.25, -0.2) is 14.8 Å². The van der Waals surface area contributed by atoms with Gasteiger partial charge in [0, 0.05) is 25.7 Å². The number of alkyl halides is 3. The van der Waals surface area contributed by atoms with Crippen molar-refractivity contribution in [3.05, 3.63) is 47.5 Å². The number of carbonyl (C=O) groups is 2. The van der Waals surface area contributed by atoms with Crippen LogP contribution in [0.3, 0.4) is 0 Å². The van der Waals surface area contributed by atoms with Crippen LogP contribution in [0, 0.1) is 11.2 Å². The highest BCUT2D eigenvalue weighted by atomic mass is 19.4. The lowest BCUT2D eigenvalue weighted by Crippen LogP contribution is -2.48. The van der Waals surface area contributed by atoms with Gasteiger partial charge >= 0.3 is 18.2 Å². The molecule has 0 spiro atoms. The topological polar surface area (TPSA) is 96.9 Å². The number of amides is 1. The summed E-state index contributed by atoms with van der Waals surface area (Å²) < 4.78 is 65.3. The van der Waals surface area contributed by atoms with Crippen molar-refractivity contribution >= 4 is 23.7 Å². The summed E-state index contributed by atoms with van der Waals surface area (Å²) in [4.78, 5) is 36.8. The summed E-state index contributed by atoms with van der Waals surface area (Å²) in [6.07, 6.45) is -0.738. The van der Waals surface area contributed by atoms with Gasteiger partial charge in [-0.3, -0.25) is 4.79 Å². The van der Waals surface area contributed by atoms with Gasteiger partial charge in [0.25, 0.3) is 0 Å². The summed E-state index contributed by atoms with van der Waals surface area (Å²) in [6, 6.07) is 4.75. The van der Waals surface area contributed by atoms with Crippen molar-refractivity contribution in [3.63, 3.8) is 0 Å². The van der Waals surface area contributed by atoms with Gasteiger partial charge in [0.1, 0.15) is 11.9 Å². The van der Waals surface area contributed by atoms with Crippen LogP contribution < -0.4 is 10.2 Å². The minimum atomic E-state index is -4.44. The number of rotatable bonds is 9. The molecular formula is C29H37F4N5O4. The fraction of sp³-hybridized carbons (Fsp3) is 0.586. The van der Waals surface area contributed by atoms with E-state index in [0.29, 0.717) is 37.9 Å². The standard InChI is InChI=1S/C29H37F4N5O4/c1-5-28(12-14-37(15-13-28)26(40)42-27(2,3)4)25(39)41-18-36-23-22(30)24(35-17-34-23)38(21-10-11-21)16-19-6-8-20(9-7-19)29(31,32)33/h6-9,17,21H,5,10-16,18H2,1-4H3,(H,34,35,36). The minimum Gasteiger partial charge on any atom is -0.444 e. The number of aromatic nitrogens is 2. The number of halogens is 4. The van der Waals surface area contributed by atoms with E-state index in [0.717, 1.165) is 25.0 Å². The second kappa shape index (κ2) is 12.3.